The summed E-state index contributed by atoms with van der Waals surface area (Å²) >= 11 is 0. The first kappa shape index (κ1) is 14.8. The van der Waals surface area contributed by atoms with Gasteiger partial charge in [-0.1, -0.05) is 27.7 Å². The fourth-order valence-corrected chi connectivity index (χ4v) is 4.72. The molecule has 19 heavy (non-hydrogen) atoms. The minimum Gasteiger partial charge on any atom is -0.336 e. The lowest BCUT2D eigenvalue weighted by Gasteiger charge is -2.41. The number of hydrogen-bond acceptors (Lipinski definition) is 4. The lowest BCUT2D eigenvalue weighted by atomic mass is 9.81. The predicted octanol–water partition coefficient (Wildman–Crippen LogP) is 0.266. The molecule has 2 heterocycles. The minimum atomic E-state index is -3.01. The van der Waals surface area contributed by atoms with Gasteiger partial charge in [0.1, 0.15) is 0 Å². The third-order valence-electron chi connectivity index (χ3n) is 4.43. The number of amides is 1. The fraction of sp³-hybridized carbons (Fsp3) is 0.923. The van der Waals surface area contributed by atoms with Crippen molar-refractivity contribution in [2.24, 2.45) is 11.3 Å². The highest BCUT2D eigenvalue weighted by Crippen LogP contribution is 2.30. The lowest BCUT2D eigenvalue weighted by Crippen LogP contribution is -2.60. The Morgan fingerprint density at radius 2 is 1.95 bits per heavy atom. The molecule has 1 N–H and O–H groups in total. The Balaban J connectivity index is 2.18. The Morgan fingerprint density at radius 3 is 2.53 bits per heavy atom. The maximum Gasteiger partial charge on any atom is 0.226 e. The molecular formula is C13H24N2O3S. The molecule has 0 aromatic heterocycles. The number of carbonyl (C=O) groups excluding carboxylic acids is 1. The molecule has 2 fully saturated rings. The summed E-state index contributed by atoms with van der Waals surface area (Å²) in [5.74, 6) is 0.245. The first-order valence-electron chi connectivity index (χ1n) is 6.86. The number of rotatable bonds is 1. The molecule has 0 aliphatic carbocycles. The second-order valence-corrected chi connectivity index (χ2v) is 8.98. The Morgan fingerprint density at radius 1 is 1.32 bits per heavy atom. The van der Waals surface area contributed by atoms with Gasteiger partial charge in [-0.3, -0.25) is 4.79 Å². The van der Waals surface area contributed by atoms with E-state index in [1.165, 1.54) is 0 Å². The van der Waals surface area contributed by atoms with E-state index in [1.54, 1.807) is 4.90 Å². The first-order valence-corrected chi connectivity index (χ1v) is 8.68. The molecule has 0 aromatic rings. The molecule has 3 atom stereocenters. The Kier molecular flexibility index (Phi) is 3.68. The van der Waals surface area contributed by atoms with Gasteiger partial charge in [0.2, 0.25) is 5.91 Å². The molecule has 5 nitrogen and oxygen atoms in total. The third kappa shape index (κ3) is 2.94. The number of piperazine rings is 1. The SMILES string of the molecule is CC(C(=O)N1CCN[C@@H]2CS(=O)(=O)C[C@@H]21)C(C)(C)C. The van der Waals surface area contributed by atoms with Crippen molar-refractivity contribution in [2.45, 2.75) is 39.8 Å². The average molecular weight is 288 g/mol. The van der Waals surface area contributed by atoms with Crippen LogP contribution in [0, 0.1) is 11.3 Å². The normalized spacial score (nSPS) is 31.9. The van der Waals surface area contributed by atoms with E-state index >= 15 is 0 Å². The number of nitrogens with zero attached hydrogens (tertiary/aromatic N) is 1. The summed E-state index contributed by atoms with van der Waals surface area (Å²) in [6.07, 6.45) is 0. The van der Waals surface area contributed by atoms with Gasteiger partial charge in [-0.05, 0) is 5.41 Å². The number of fused-ring (bicyclic) bond motifs is 1. The Bertz CT molecular complexity index is 467. The van der Waals surface area contributed by atoms with Crippen molar-refractivity contribution in [3.8, 4) is 0 Å². The minimum absolute atomic E-state index is 0.0844. The van der Waals surface area contributed by atoms with Gasteiger partial charge in [0.15, 0.2) is 9.84 Å². The molecule has 0 radical (unpaired) electrons. The molecule has 2 aliphatic rings. The van der Waals surface area contributed by atoms with Crippen LogP contribution in [0.5, 0.6) is 0 Å². The molecule has 110 valence electrons. The van der Waals surface area contributed by atoms with Gasteiger partial charge in [0.25, 0.3) is 0 Å². The molecule has 0 saturated carbocycles. The molecule has 1 amide bonds. The largest absolute Gasteiger partial charge is 0.336 e. The van der Waals surface area contributed by atoms with Gasteiger partial charge in [0.05, 0.1) is 17.5 Å². The number of sulfone groups is 1. The summed E-state index contributed by atoms with van der Waals surface area (Å²) in [5.41, 5.74) is -0.102. The van der Waals surface area contributed by atoms with Crippen LogP contribution in [0.4, 0.5) is 0 Å². The highest BCUT2D eigenvalue weighted by Gasteiger charge is 2.46. The Labute approximate surface area is 115 Å². The topological polar surface area (TPSA) is 66.5 Å². The van der Waals surface area contributed by atoms with Crippen molar-refractivity contribution < 1.29 is 13.2 Å². The molecule has 1 unspecified atom stereocenters. The highest BCUT2D eigenvalue weighted by atomic mass is 32.2. The molecule has 2 saturated heterocycles. The summed E-state index contributed by atoms with van der Waals surface area (Å²) in [5, 5.41) is 3.23. The molecule has 0 aromatic carbocycles. The van der Waals surface area contributed by atoms with Crippen molar-refractivity contribution >= 4 is 15.7 Å². The van der Waals surface area contributed by atoms with Crippen molar-refractivity contribution in [3.05, 3.63) is 0 Å². The zero-order chi connectivity index (χ0) is 14.4. The zero-order valence-electron chi connectivity index (χ0n) is 12.1. The van der Waals surface area contributed by atoms with E-state index in [4.69, 9.17) is 0 Å². The Hall–Kier alpha value is -0.620. The van der Waals surface area contributed by atoms with Crippen molar-refractivity contribution in [1.82, 2.24) is 10.2 Å². The predicted molar refractivity (Wildman–Crippen MR) is 74.6 cm³/mol. The van der Waals surface area contributed by atoms with Crippen LogP contribution in [-0.2, 0) is 14.6 Å². The van der Waals surface area contributed by atoms with Crippen molar-refractivity contribution in [1.29, 1.82) is 0 Å². The monoisotopic (exact) mass is 288 g/mol. The summed E-state index contributed by atoms with van der Waals surface area (Å²) in [6.45, 7) is 9.35. The van der Waals surface area contributed by atoms with Crippen LogP contribution < -0.4 is 5.32 Å². The van der Waals surface area contributed by atoms with Crippen LogP contribution in [0.2, 0.25) is 0 Å². The fourth-order valence-electron chi connectivity index (χ4n) is 2.76. The number of nitrogens with one attached hydrogen (secondary N) is 1. The van der Waals surface area contributed by atoms with Crippen molar-refractivity contribution in [2.75, 3.05) is 24.6 Å². The first-order chi connectivity index (χ1) is 8.62. The van der Waals surface area contributed by atoms with Crippen LogP contribution >= 0.6 is 0 Å². The second-order valence-electron chi connectivity index (χ2n) is 6.82. The van der Waals surface area contributed by atoms with Gasteiger partial charge in [0, 0.05) is 25.0 Å². The average Bonchev–Trinajstić information content (AvgIpc) is 2.59. The van der Waals surface area contributed by atoms with Gasteiger partial charge < -0.3 is 10.2 Å². The molecule has 2 rings (SSSR count). The van der Waals surface area contributed by atoms with Crippen LogP contribution in [0.25, 0.3) is 0 Å². The number of hydrogen-bond donors (Lipinski definition) is 1. The standard InChI is InChI=1S/C13H24N2O3S/c1-9(13(2,3)4)12(16)15-6-5-14-10-7-19(17,18)8-11(10)15/h9-11,14H,5-8H2,1-4H3/t9?,10-,11+/m1/s1. The zero-order valence-corrected chi connectivity index (χ0v) is 13.0. The van der Waals surface area contributed by atoms with Gasteiger partial charge in [-0.15, -0.1) is 0 Å². The van der Waals surface area contributed by atoms with Crippen LogP contribution in [-0.4, -0.2) is 55.9 Å². The van der Waals surface area contributed by atoms with E-state index < -0.39 is 9.84 Å². The van der Waals surface area contributed by atoms with E-state index in [9.17, 15) is 13.2 Å². The molecule has 0 bridgehead atoms. The number of carbonyl (C=O) groups is 1. The summed E-state index contributed by atoms with van der Waals surface area (Å²) < 4.78 is 23.5. The molecular weight excluding hydrogens is 264 g/mol. The van der Waals surface area contributed by atoms with Crippen LogP contribution in [0.3, 0.4) is 0 Å². The van der Waals surface area contributed by atoms with E-state index in [2.05, 4.69) is 5.32 Å². The van der Waals surface area contributed by atoms with Gasteiger partial charge in [-0.25, -0.2) is 8.42 Å². The maximum atomic E-state index is 12.6. The molecule has 6 heteroatoms. The van der Waals surface area contributed by atoms with Crippen molar-refractivity contribution in [3.63, 3.8) is 0 Å². The third-order valence-corrected chi connectivity index (χ3v) is 6.15. The summed E-state index contributed by atoms with van der Waals surface area (Å²) in [4.78, 5) is 14.4. The van der Waals surface area contributed by atoms with E-state index in [0.29, 0.717) is 13.1 Å². The van der Waals surface area contributed by atoms with E-state index in [0.717, 1.165) is 0 Å². The lowest BCUT2D eigenvalue weighted by molar-refractivity contribution is -0.141. The van der Waals surface area contributed by atoms with Crippen LogP contribution in [0.1, 0.15) is 27.7 Å². The van der Waals surface area contributed by atoms with Gasteiger partial charge in [-0.2, -0.15) is 0 Å². The summed E-state index contributed by atoms with van der Waals surface area (Å²) in [6, 6.07) is -0.272. The quantitative estimate of drug-likeness (QED) is 0.752. The smallest absolute Gasteiger partial charge is 0.226 e. The van der Waals surface area contributed by atoms with E-state index in [1.807, 2.05) is 27.7 Å². The molecule has 0 spiro atoms. The highest BCUT2D eigenvalue weighted by molar-refractivity contribution is 7.91. The van der Waals surface area contributed by atoms with E-state index in [-0.39, 0.29) is 40.8 Å². The summed E-state index contributed by atoms with van der Waals surface area (Å²) in [7, 11) is -3.01. The second kappa shape index (κ2) is 4.74. The van der Waals surface area contributed by atoms with Crippen LogP contribution in [0.15, 0.2) is 0 Å². The maximum absolute atomic E-state index is 12.6. The van der Waals surface area contributed by atoms with Gasteiger partial charge >= 0.3 is 0 Å². The molecule has 2 aliphatic heterocycles.